The van der Waals surface area contributed by atoms with E-state index in [2.05, 4.69) is 97.8 Å². The van der Waals surface area contributed by atoms with Gasteiger partial charge >= 0.3 is 0 Å². The van der Waals surface area contributed by atoms with Gasteiger partial charge in [-0.3, -0.25) is 4.99 Å². The molecule has 0 bridgehead atoms. The molecule has 0 aliphatic rings. The molecule has 7 heteroatoms. The average molecular weight is 464 g/mol. The van der Waals surface area contributed by atoms with Crippen LogP contribution in [0.5, 0.6) is 0 Å². The van der Waals surface area contributed by atoms with Crippen molar-refractivity contribution in [2.45, 2.75) is 91.2 Å². The van der Waals surface area contributed by atoms with Crippen molar-refractivity contribution >= 4 is 52.7 Å². The summed E-state index contributed by atoms with van der Waals surface area (Å²) in [5.41, 5.74) is 1.21. The highest BCUT2D eigenvalue weighted by atomic mass is 28.4. The van der Waals surface area contributed by atoms with Crippen molar-refractivity contribution in [1.82, 2.24) is 0 Å². The third kappa shape index (κ3) is 9.57. The molecular formula is C22H41NO2Si4. The van der Waals surface area contributed by atoms with Crippen LogP contribution in [0, 0.1) is 0 Å². The van der Waals surface area contributed by atoms with E-state index in [4.69, 9.17) is 8.23 Å². The van der Waals surface area contributed by atoms with Gasteiger partial charge in [0.15, 0.2) is 0 Å². The largest absolute Gasteiger partial charge is 0.452 e. The van der Waals surface area contributed by atoms with E-state index in [9.17, 15) is 0 Å². The second-order valence-corrected chi connectivity index (χ2v) is 23.0. The zero-order valence-electron chi connectivity index (χ0n) is 20.5. The Kier molecular flexibility index (Phi) is 9.51. The van der Waals surface area contributed by atoms with Crippen LogP contribution in [0.2, 0.25) is 36.3 Å². The van der Waals surface area contributed by atoms with Crippen LogP contribution in [0.25, 0.3) is 0 Å². The first kappa shape index (κ1) is 26.7. The molecule has 162 valence electrons. The molecule has 1 aromatic rings. The lowest BCUT2D eigenvalue weighted by Gasteiger charge is -2.32. The van der Waals surface area contributed by atoms with Gasteiger partial charge in [0.25, 0.3) is 0 Å². The Hall–Kier alpha value is -0.322. The van der Waals surface area contributed by atoms with Crippen molar-refractivity contribution in [3.63, 3.8) is 0 Å². The molecule has 0 amide bonds. The van der Waals surface area contributed by atoms with Crippen LogP contribution in [0.1, 0.15) is 60.5 Å². The van der Waals surface area contributed by atoms with E-state index in [1.807, 2.05) is 6.21 Å². The fourth-order valence-electron chi connectivity index (χ4n) is 2.53. The number of aliphatic imine (C=N–C) groups is 1. The molecule has 0 fully saturated rings. The first-order valence-corrected chi connectivity index (χ1v) is 18.3. The SMILES string of the molecule is CCCN=Cc1ccc([Si](C)(C)O[Si]C(C)(C)C)cc1[Si](C)(C)O[Si]C(C)(C)C. The zero-order valence-corrected chi connectivity index (χ0v) is 24.5. The van der Waals surface area contributed by atoms with Crippen LogP contribution in [0.15, 0.2) is 23.2 Å². The number of benzene rings is 1. The summed E-state index contributed by atoms with van der Waals surface area (Å²) in [5.74, 6) is 0. The lowest BCUT2D eigenvalue weighted by atomic mass is 10.2. The number of rotatable bonds is 9. The summed E-state index contributed by atoms with van der Waals surface area (Å²) in [6, 6.07) is 6.87. The summed E-state index contributed by atoms with van der Waals surface area (Å²) in [5, 5.41) is 3.07. The van der Waals surface area contributed by atoms with Gasteiger partial charge in [0, 0.05) is 12.8 Å². The Morgan fingerprint density at radius 3 is 1.90 bits per heavy atom. The Balaban J connectivity index is 3.31. The summed E-state index contributed by atoms with van der Waals surface area (Å²) >= 11 is 0. The fourth-order valence-corrected chi connectivity index (χ4v) is 10.4. The second kappa shape index (κ2) is 10.3. The molecule has 1 rings (SSSR count). The summed E-state index contributed by atoms with van der Waals surface area (Å²) in [6.07, 6.45) is 3.11. The van der Waals surface area contributed by atoms with Crippen LogP contribution in [0.3, 0.4) is 0 Å². The predicted octanol–water partition coefficient (Wildman–Crippen LogP) is 5.05. The van der Waals surface area contributed by atoms with E-state index < -0.39 is 16.6 Å². The summed E-state index contributed by atoms with van der Waals surface area (Å²) in [4.78, 5) is 4.63. The van der Waals surface area contributed by atoms with Crippen molar-refractivity contribution in [1.29, 1.82) is 0 Å². The summed E-state index contributed by atoms with van der Waals surface area (Å²) < 4.78 is 13.1. The fraction of sp³-hybridized carbons (Fsp3) is 0.682. The Bertz CT molecular complexity index is 689. The maximum Gasteiger partial charge on any atom is 0.221 e. The lowest BCUT2D eigenvalue weighted by molar-refractivity contribution is 0.549. The molecule has 0 N–H and O–H groups in total. The first-order chi connectivity index (χ1) is 13.1. The molecule has 0 unspecified atom stereocenters. The third-order valence-corrected chi connectivity index (χ3v) is 13.8. The first-order valence-electron chi connectivity index (χ1n) is 10.6. The van der Waals surface area contributed by atoms with Gasteiger partial charge in [0.05, 0.1) is 0 Å². The molecule has 0 aliphatic heterocycles. The lowest BCUT2D eigenvalue weighted by Crippen LogP contribution is -2.53. The average Bonchev–Trinajstić information content (AvgIpc) is 2.57. The van der Waals surface area contributed by atoms with Crippen LogP contribution in [-0.4, -0.2) is 48.9 Å². The highest BCUT2D eigenvalue weighted by molar-refractivity contribution is 6.90. The van der Waals surface area contributed by atoms with Crippen LogP contribution in [0.4, 0.5) is 0 Å². The smallest absolute Gasteiger partial charge is 0.221 e. The zero-order chi connectivity index (χ0) is 22.5. The van der Waals surface area contributed by atoms with Crippen LogP contribution in [-0.2, 0) is 8.23 Å². The molecule has 0 aliphatic carbocycles. The molecule has 1 aromatic carbocycles. The second-order valence-electron chi connectivity index (χ2n) is 10.8. The minimum atomic E-state index is -2.07. The highest BCUT2D eigenvalue weighted by Crippen LogP contribution is 2.24. The van der Waals surface area contributed by atoms with Gasteiger partial charge in [-0.1, -0.05) is 66.7 Å². The van der Waals surface area contributed by atoms with E-state index in [1.165, 1.54) is 15.9 Å². The number of hydrogen-bond acceptors (Lipinski definition) is 3. The number of hydrogen-bond donors (Lipinski definition) is 0. The summed E-state index contributed by atoms with van der Waals surface area (Å²) in [7, 11) is -3.06. The van der Waals surface area contributed by atoms with Crippen molar-refractivity contribution < 1.29 is 8.23 Å². The molecule has 4 radical (unpaired) electrons. The van der Waals surface area contributed by atoms with Gasteiger partial charge < -0.3 is 8.23 Å². The van der Waals surface area contributed by atoms with Gasteiger partial charge in [-0.05, 0) is 58.6 Å². The predicted molar refractivity (Wildman–Crippen MR) is 137 cm³/mol. The molecule has 0 spiro atoms. The van der Waals surface area contributed by atoms with E-state index in [1.54, 1.807) is 0 Å². The quantitative estimate of drug-likeness (QED) is 0.379. The Labute approximate surface area is 187 Å². The maximum absolute atomic E-state index is 6.59. The molecule has 29 heavy (non-hydrogen) atoms. The summed E-state index contributed by atoms with van der Waals surface area (Å²) in [6.45, 7) is 25.7. The van der Waals surface area contributed by atoms with E-state index in [-0.39, 0.29) is 10.1 Å². The molecule has 0 atom stereocenters. The van der Waals surface area contributed by atoms with Crippen molar-refractivity contribution in [2.75, 3.05) is 6.54 Å². The number of nitrogens with zero attached hydrogens (tertiary/aromatic N) is 1. The van der Waals surface area contributed by atoms with E-state index >= 15 is 0 Å². The van der Waals surface area contributed by atoms with Gasteiger partial charge in [-0.2, -0.15) is 0 Å². The van der Waals surface area contributed by atoms with Gasteiger partial charge in [0.2, 0.25) is 36.2 Å². The normalized spacial score (nSPS) is 14.0. The van der Waals surface area contributed by atoms with Crippen LogP contribution < -0.4 is 10.4 Å². The molecule has 0 saturated carbocycles. The molecule has 0 aromatic heterocycles. The van der Waals surface area contributed by atoms with Crippen molar-refractivity contribution in [3.05, 3.63) is 23.8 Å². The molecular weight excluding hydrogens is 423 g/mol. The third-order valence-electron chi connectivity index (χ3n) is 4.20. The van der Waals surface area contributed by atoms with Gasteiger partial charge in [-0.25, -0.2) is 0 Å². The van der Waals surface area contributed by atoms with Gasteiger partial charge in [0.1, 0.15) is 0 Å². The maximum atomic E-state index is 6.59. The Morgan fingerprint density at radius 1 is 0.897 bits per heavy atom. The van der Waals surface area contributed by atoms with Crippen molar-refractivity contribution in [3.8, 4) is 0 Å². The molecule has 3 nitrogen and oxygen atoms in total. The van der Waals surface area contributed by atoms with Crippen molar-refractivity contribution in [2.24, 2.45) is 4.99 Å². The van der Waals surface area contributed by atoms with Crippen LogP contribution >= 0.6 is 0 Å². The highest BCUT2D eigenvalue weighted by Gasteiger charge is 2.34. The van der Waals surface area contributed by atoms with Gasteiger partial charge in [-0.15, -0.1) is 0 Å². The Morgan fingerprint density at radius 2 is 1.41 bits per heavy atom. The topological polar surface area (TPSA) is 30.8 Å². The van der Waals surface area contributed by atoms with E-state index in [0.29, 0.717) is 19.5 Å². The van der Waals surface area contributed by atoms with E-state index in [0.717, 1.165) is 13.0 Å². The molecule has 0 saturated heterocycles. The minimum Gasteiger partial charge on any atom is -0.452 e. The minimum absolute atomic E-state index is 0.184. The molecule has 0 heterocycles. The monoisotopic (exact) mass is 463 g/mol. The standard InChI is InChI=1S/C22H41NO2Si4/c1-12-15-23-17-18-13-14-19(28(8,9)24-26-21(2,3)4)16-20(18)29(10,11)25-27-22(5,6)7/h13-14,16-17H,12,15H2,1-11H3.